The summed E-state index contributed by atoms with van der Waals surface area (Å²) in [6.07, 6.45) is 1.99. The topological polar surface area (TPSA) is 67.5 Å². The third kappa shape index (κ3) is 4.58. The van der Waals surface area contributed by atoms with E-state index in [9.17, 15) is 19.1 Å². The second-order valence-electron chi connectivity index (χ2n) is 8.38. The lowest BCUT2D eigenvalue weighted by Crippen LogP contribution is -2.10. The van der Waals surface area contributed by atoms with Gasteiger partial charge in [-0.05, 0) is 55.9 Å². The van der Waals surface area contributed by atoms with Crippen molar-refractivity contribution in [3.63, 3.8) is 0 Å². The van der Waals surface area contributed by atoms with Gasteiger partial charge in [0.15, 0.2) is 5.43 Å². The minimum absolute atomic E-state index is 0.0883. The molecule has 168 valence electrons. The lowest BCUT2D eigenvalue weighted by molar-refractivity contribution is 0.0695. The van der Waals surface area contributed by atoms with Gasteiger partial charge in [0.1, 0.15) is 17.2 Å². The first-order valence-electron chi connectivity index (χ1n) is 11.0. The van der Waals surface area contributed by atoms with Crippen molar-refractivity contribution < 1.29 is 18.7 Å². The Morgan fingerprint density at radius 1 is 1.06 bits per heavy atom. The molecular formula is C28H25FO4. The van der Waals surface area contributed by atoms with Crippen molar-refractivity contribution in [2.45, 2.75) is 39.0 Å². The Morgan fingerprint density at radius 2 is 1.76 bits per heavy atom. The molecule has 1 unspecified atom stereocenters. The maximum Gasteiger partial charge on any atom is 0.335 e. The number of hydrogen-bond acceptors (Lipinski definition) is 3. The van der Waals surface area contributed by atoms with Gasteiger partial charge in [0.25, 0.3) is 0 Å². The third-order valence-corrected chi connectivity index (χ3v) is 6.11. The number of aryl methyl sites for hydroxylation is 1. The molecule has 1 heterocycles. The van der Waals surface area contributed by atoms with Gasteiger partial charge in [-0.25, -0.2) is 9.18 Å². The van der Waals surface area contributed by atoms with Crippen LogP contribution in [0.2, 0.25) is 0 Å². The van der Waals surface area contributed by atoms with Crippen LogP contribution in [-0.2, 0) is 6.42 Å². The Labute approximate surface area is 191 Å². The van der Waals surface area contributed by atoms with Crippen molar-refractivity contribution in [2.24, 2.45) is 0 Å². The predicted octanol–water partition coefficient (Wildman–Crippen LogP) is 6.73. The molecule has 1 aromatic heterocycles. The smallest absolute Gasteiger partial charge is 0.335 e. The second-order valence-corrected chi connectivity index (χ2v) is 8.38. The normalized spacial score (nSPS) is 12.1. The average Bonchev–Trinajstić information content (AvgIpc) is 2.82. The molecule has 33 heavy (non-hydrogen) atoms. The minimum Gasteiger partial charge on any atom is -0.478 e. The number of carbonyl (C=O) groups is 1. The van der Waals surface area contributed by atoms with E-state index < -0.39 is 11.8 Å². The van der Waals surface area contributed by atoms with E-state index in [0.717, 1.165) is 11.1 Å². The fourth-order valence-electron chi connectivity index (χ4n) is 4.31. The zero-order valence-corrected chi connectivity index (χ0v) is 18.6. The summed E-state index contributed by atoms with van der Waals surface area (Å²) in [5, 5.41) is 9.63. The highest BCUT2D eigenvalue weighted by Crippen LogP contribution is 2.33. The highest BCUT2D eigenvalue weighted by molar-refractivity contribution is 5.89. The van der Waals surface area contributed by atoms with Gasteiger partial charge in [-0.1, -0.05) is 55.5 Å². The summed E-state index contributed by atoms with van der Waals surface area (Å²) in [5.41, 5.74) is 3.13. The molecule has 0 aliphatic rings. The van der Waals surface area contributed by atoms with E-state index in [1.807, 2.05) is 49.4 Å². The van der Waals surface area contributed by atoms with Gasteiger partial charge < -0.3 is 9.52 Å². The lowest BCUT2D eigenvalue weighted by Gasteiger charge is -2.16. The van der Waals surface area contributed by atoms with Gasteiger partial charge in [0, 0.05) is 16.7 Å². The number of fused-ring (bicyclic) bond motifs is 1. The number of benzene rings is 3. The van der Waals surface area contributed by atoms with E-state index in [2.05, 4.69) is 0 Å². The Morgan fingerprint density at radius 3 is 2.48 bits per heavy atom. The van der Waals surface area contributed by atoms with Crippen molar-refractivity contribution >= 4 is 16.9 Å². The maximum absolute atomic E-state index is 14.5. The highest BCUT2D eigenvalue weighted by atomic mass is 19.1. The molecule has 4 rings (SSSR count). The fourth-order valence-corrected chi connectivity index (χ4v) is 4.31. The molecule has 0 spiro atoms. The molecule has 1 N–H and O–H groups in total. The zero-order valence-electron chi connectivity index (χ0n) is 18.6. The largest absolute Gasteiger partial charge is 0.478 e. The number of carboxylic acid groups (broad SMARTS) is 1. The summed E-state index contributed by atoms with van der Waals surface area (Å²) in [6, 6.07) is 19.0. The summed E-state index contributed by atoms with van der Waals surface area (Å²) in [5.74, 6) is -1.02. The van der Waals surface area contributed by atoms with Crippen molar-refractivity contribution in [3.8, 4) is 11.3 Å². The van der Waals surface area contributed by atoms with E-state index in [1.54, 1.807) is 19.1 Å². The Kier molecular flexibility index (Phi) is 6.40. The van der Waals surface area contributed by atoms with Gasteiger partial charge in [0.2, 0.25) is 0 Å². The van der Waals surface area contributed by atoms with Crippen LogP contribution in [0, 0.1) is 12.7 Å². The Balaban J connectivity index is 1.68. The van der Waals surface area contributed by atoms with E-state index >= 15 is 0 Å². The first-order valence-corrected chi connectivity index (χ1v) is 11.0. The molecule has 0 aliphatic heterocycles. The number of carboxylic acids is 1. The number of halogens is 1. The molecule has 0 amide bonds. The Bertz CT molecular complexity index is 1370. The van der Waals surface area contributed by atoms with Crippen LogP contribution >= 0.6 is 0 Å². The van der Waals surface area contributed by atoms with Gasteiger partial charge in [-0.2, -0.15) is 0 Å². The molecule has 3 aromatic carbocycles. The quantitative estimate of drug-likeness (QED) is 0.343. The SMILES string of the molecule is Cc1c(-c2ccccc2)oc2c(C(C)CCCc3ccccc3C(=O)O)cc(F)cc2c1=O. The molecule has 0 saturated carbocycles. The van der Waals surface area contributed by atoms with Crippen molar-refractivity contribution in [1.29, 1.82) is 0 Å². The Hall–Kier alpha value is -3.73. The van der Waals surface area contributed by atoms with Gasteiger partial charge in [-0.3, -0.25) is 4.79 Å². The van der Waals surface area contributed by atoms with Gasteiger partial charge >= 0.3 is 5.97 Å². The maximum atomic E-state index is 14.5. The van der Waals surface area contributed by atoms with Crippen LogP contribution in [-0.4, -0.2) is 11.1 Å². The first-order chi connectivity index (χ1) is 15.9. The van der Waals surface area contributed by atoms with Crippen LogP contribution in [0.5, 0.6) is 0 Å². The van der Waals surface area contributed by atoms with Crippen LogP contribution < -0.4 is 5.43 Å². The predicted molar refractivity (Wildman–Crippen MR) is 127 cm³/mol. The van der Waals surface area contributed by atoms with Crippen LogP contribution in [0.3, 0.4) is 0 Å². The zero-order chi connectivity index (χ0) is 23.5. The lowest BCUT2D eigenvalue weighted by atomic mass is 9.91. The molecule has 1 atom stereocenters. The molecule has 0 saturated heterocycles. The molecule has 0 bridgehead atoms. The van der Waals surface area contributed by atoms with E-state index in [0.29, 0.717) is 47.3 Å². The second kappa shape index (κ2) is 9.41. The summed E-state index contributed by atoms with van der Waals surface area (Å²) in [7, 11) is 0. The summed E-state index contributed by atoms with van der Waals surface area (Å²) < 4.78 is 20.7. The van der Waals surface area contributed by atoms with E-state index in [1.165, 1.54) is 12.1 Å². The van der Waals surface area contributed by atoms with Crippen LogP contribution in [0.25, 0.3) is 22.3 Å². The number of hydrogen-bond donors (Lipinski definition) is 1. The molecule has 4 aromatic rings. The van der Waals surface area contributed by atoms with E-state index in [4.69, 9.17) is 4.42 Å². The van der Waals surface area contributed by atoms with Gasteiger partial charge in [-0.15, -0.1) is 0 Å². The minimum atomic E-state index is -0.944. The van der Waals surface area contributed by atoms with Crippen molar-refractivity contribution in [2.75, 3.05) is 0 Å². The van der Waals surface area contributed by atoms with Crippen LogP contribution in [0.4, 0.5) is 4.39 Å². The highest BCUT2D eigenvalue weighted by Gasteiger charge is 2.20. The summed E-state index contributed by atoms with van der Waals surface area (Å²) >= 11 is 0. The van der Waals surface area contributed by atoms with Crippen molar-refractivity contribution in [3.05, 3.63) is 105 Å². The number of rotatable bonds is 7. The first kappa shape index (κ1) is 22.5. The van der Waals surface area contributed by atoms with Crippen molar-refractivity contribution in [1.82, 2.24) is 0 Å². The molecule has 5 heteroatoms. The van der Waals surface area contributed by atoms with Crippen LogP contribution in [0.1, 0.15) is 52.7 Å². The molecule has 0 aliphatic carbocycles. The third-order valence-electron chi connectivity index (χ3n) is 6.11. The monoisotopic (exact) mass is 444 g/mol. The molecule has 0 radical (unpaired) electrons. The van der Waals surface area contributed by atoms with Gasteiger partial charge in [0.05, 0.1) is 10.9 Å². The molecule has 0 fully saturated rings. The fraction of sp³-hybridized carbons (Fsp3) is 0.214. The van der Waals surface area contributed by atoms with Crippen LogP contribution in [0.15, 0.2) is 75.9 Å². The standard InChI is InChI=1S/C28H25FO4/c1-17(9-8-13-19-10-6-7-14-22(19)28(31)32)23-15-21(29)16-24-25(30)18(2)26(33-27(23)24)20-11-4-3-5-12-20/h3-7,10-12,14-17H,8-9,13H2,1-2H3,(H,31,32). The summed E-state index contributed by atoms with van der Waals surface area (Å²) in [6.45, 7) is 3.67. The van der Waals surface area contributed by atoms with E-state index in [-0.39, 0.29) is 16.7 Å². The summed E-state index contributed by atoms with van der Waals surface area (Å²) in [4.78, 5) is 24.5. The molecular weight excluding hydrogens is 419 g/mol. The average molecular weight is 445 g/mol. The molecule has 4 nitrogen and oxygen atoms in total. The number of aromatic carboxylic acids is 1.